The normalized spacial score (nSPS) is 15.6. The molecule has 1 atom stereocenters. The monoisotopic (exact) mass is 414 g/mol. The predicted molar refractivity (Wildman–Crippen MR) is 105 cm³/mol. The molecule has 1 aliphatic heterocycles. The van der Waals surface area contributed by atoms with Crippen LogP contribution in [0.5, 0.6) is 5.75 Å². The van der Waals surface area contributed by atoms with E-state index in [-0.39, 0.29) is 25.4 Å². The number of carbonyl (C=O) groups is 4. The molecular weight excluding hydrogens is 392 g/mol. The molecule has 1 aromatic heterocycles. The van der Waals surface area contributed by atoms with Gasteiger partial charge in [0.1, 0.15) is 11.5 Å². The molecule has 10 heteroatoms. The molecule has 0 bridgehead atoms. The van der Waals surface area contributed by atoms with Crippen molar-refractivity contribution in [3.63, 3.8) is 0 Å². The van der Waals surface area contributed by atoms with Gasteiger partial charge in [-0.15, -0.1) is 0 Å². The van der Waals surface area contributed by atoms with Crippen molar-refractivity contribution in [1.82, 2.24) is 16.2 Å². The lowest BCUT2D eigenvalue weighted by atomic mass is 10.1. The standard InChI is InChI=1S/C20H22N4O6/c1-2-29-16-8-4-3-7-15(16)24-12-13(10-17(24)25)18(26)22-23-20(28)19(27)21-11-14-6-5-9-30-14/h3-9,13H,2,10-12H2,1H3,(H,21,27)(H,22,26)(H,23,28)/t13-/m0/s1. The summed E-state index contributed by atoms with van der Waals surface area (Å²) in [7, 11) is 0. The maximum absolute atomic E-state index is 12.4. The van der Waals surface area contributed by atoms with Crippen molar-refractivity contribution < 1.29 is 28.3 Å². The lowest BCUT2D eigenvalue weighted by Crippen LogP contribution is -2.50. The molecule has 0 aliphatic carbocycles. The fourth-order valence-electron chi connectivity index (χ4n) is 3.01. The molecule has 2 heterocycles. The number of rotatable bonds is 6. The van der Waals surface area contributed by atoms with Gasteiger partial charge in [0.05, 0.1) is 31.0 Å². The first-order valence-corrected chi connectivity index (χ1v) is 9.42. The summed E-state index contributed by atoms with van der Waals surface area (Å²) in [6.45, 7) is 2.46. The van der Waals surface area contributed by atoms with Crippen molar-refractivity contribution in [3.05, 3.63) is 48.4 Å². The number of anilines is 1. The molecule has 1 aromatic carbocycles. The minimum atomic E-state index is -1.03. The molecule has 2 aromatic rings. The van der Waals surface area contributed by atoms with Gasteiger partial charge in [0.15, 0.2) is 0 Å². The van der Waals surface area contributed by atoms with Gasteiger partial charge in [-0.1, -0.05) is 12.1 Å². The van der Waals surface area contributed by atoms with Crippen LogP contribution in [-0.2, 0) is 25.7 Å². The third-order valence-electron chi connectivity index (χ3n) is 4.46. The van der Waals surface area contributed by atoms with E-state index in [1.54, 1.807) is 36.4 Å². The van der Waals surface area contributed by atoms with Gasteiger partial charge in [-0.2, -0.15) is 0 Å². The molecule has 0 unspecified atom stereocenters. The number of furan rings is 1. The number of para-hydroxylation sites is 2. The molecule has 0 saturated carbocycles. The van der Waals surface area contributed by atoms with Crippen LogP contribution in [0, 0.1) is 5.92 Å². The molecule has 1 fully saturated rings. The van der Waals surface area contributed by atoms with E-state index in [1.165, 1.54) is 11.2 Å². The van der Waals surface area contributed by atoms with Crippen LogP contribution in [0.4, 0.5) is 5.69 Å². The topological polar surface area (TPSA) is 130 Å². The van der Waals surface area contributed by atoms with Gasteiger partial charge >= 0.3 is 11.8 Å². The van der Waals surface area contributed by atoms with Gasteiger partial charge in [0, 0.05) is 13.0 Å². The van der Waals surface area contributed by atoms with E-state index in [4.69, 9.17) is 9.15 Å². The number of carbonyl (C=O) groups excluding carboxylic acids is 4. The number of amides is 4. The highest BCUT2D eigenvalue weighted by atomic mass is 16.5. The zero-order chi connectivity index (χ0) is 21.5. The van der Waals surface area contributed by atoms with E-state index < -0.39 is 23.6 Å². The Bertz CT molecular complexity index is 927. The molecule has 158 valence electrons. The minimum Gasteiger partial charge on any atom is -0.492 e. The van der Waals surface area contributed by atoms with Crippen LogP contribution < -0.4 is 25.8 Å². The van der Waals surface area contributed by atoms with Gasteiger partial charge in [0.25, 0.3) is 0 Å². The summed E-state index contributed by atoms with van der Waals surface area (Å²) >= 11 is 0. The molecule has 0 spiro atoms. The first kappa shape index (κ1) is 20.9. The summed E-state index contributed by atoms with van der Waals surface area (Å²) in [5, 5.41) is 2.36. The Morgan fingerprint density at radius 3 is 2.67 bits per heavy atom. The molecule has 10 nitrogen and oxygen atoms in total. The Morgan fingerprint density at radius 2 is 1.93 bits per heavy atom. The van der Waals surface area contributed by atoms with Crippen LogP contribution in [-0.4, -0.2) is 36.8 Å². The van der Waals surface area contributed by atoms with E-state index in [2.05, 4.69) is 16.2 Å². The molecule has 4 amide bonds. The van der Waals surface area contributed by atoms with Crippen molar-refractivity contribution in [1.29, 1.82) is 0 Å². The Hall–Kier alpha value is -3.82. The van der Waals surface area contributed by atoms with Gasteiger partial charge in [-0.25, -0.2) is 0 Å². The third-order valence-corrected chi connectivity index (χ3v) is 4.46. The highest BCUT2D eigenvalue weighted by Gasteiger charge is 2.36. The molecule has 1 saturated heterocycles. The second kappa shape index (κ2) is 9.59. The lowest BCUT2D eigenvalue weighted by Gasteiger charge is -2.20. The van der Waals surface area contributed by atoms with Crippen LogP contribution in [0.15, 0.2) is 47.1 Å². The third kappa shape index (κ3) is 4.96. The number of benzene rings is 1. The smallest absolute Gasteiger partial charge is 0.327 e. The Morgan fingerprint density at radius 1 is 1.13 bits per heavy atom. The van der Waals surface area contributed by atoms with Crippen molar-refractivity contribution in [2.24, 2.45) is 5.92 Å². The highest BCUT2D eigenvalue weighted by Crippen LogP contribution is 2.33. The van der Waals surface area contributed by atoms with Gasteiger partial charge in [-0.3, -0.25) is 30.0 Å². The van der Waals surface area contributed by atoms with Crippen LogP contribution in [0.2, 0.25) is 0 Å². The highest BCUT2D eigenvalue weighted by molar-refractivity contribution is 6.35. The second-order valence-corrected chi connectivity index (χ2v) is 6.51. The molecule has 3 N–H and O–H groups in total. The summed E-state index contributed by atoms with van der Waals surface area (Å²) in [5.74, 6) is -2.40. The second-order valence-electron chi connectivity index (χ2n) is 6.51. The summed E-state index contributed by atoms with van der Waals surface area (Å²) < 4.78 is 10.6. The van der Waals surface area contributed by atoms with Crippen molar-refractivity contribution >= 4 is 29.3 Å². The summed E-state index contributed by atoms with van der Waals surface area (Å²) in [6.07, 6.45) is 1.42. The number of nitrogens with zero attached hydrogens (tertiary/aromatic N) is 1. The summed E-state index contributed by atoms with van der Waals surface area (Å²) in [5.41, 5.74) is 4.84. The minimum absolute atomic E-state index is 0.0210. The molecular formula is C20H22N4O6. The average Bonchev–Trinajstić information content (AvgIpc) is 3.40. The quantitative estimate of drug-likeness (QED) is 0.466. The predicted octanol–water partition coefficient (Wildman–Crippen LogP) is 0.495. The van der Waals surface area contributed by atoms with Gasteiger partial charge in [-0.05, 0) is 31.2 Å². The Labute approximate surface area is 172 Å². The van der Waals surface area contributed by atoms with Gasteiger partial charge in [0.2, 0.25) is 11.8 Å². The van der Waals surface area contributed by atoms with Crippen LogP contribution in [0.25, 0.3) is 0 Å². The van der Waals surface area contributed by atoms with Crippen LogP contribution >= 0.6 is 0 Å². The molecule has 1 aliphatic rings. The van der Waals surface area contributed by atoms with Crippen LogP contribution in [0.3, 0.4) is 0 Å². The fraction of sp³-hybridized carbons (Fsp3) is 0.300. The van der Waals surface area contributed by atoms with Crippen molar-refractivity contribution in [2.75, 3.05) is 18.1 Å². The van der Waals surface area contributed by atoms with E-state index >= 15 is 0 Å². The number of nitrogens with one attached hydrogen (secondary N) is 3. The molecule has 30 heavy (non-hydrogen) atoms. The summed E-state index contributed by atoms with van der Waals surface area (Å²) in [6, 6.07) is 10.4. The number of hydrazine groups is 1. The number of hydrogen-bond donors (Lipinski definition) is 3. The molecule has 3 rings (SSSR count). The molecule has 0 radical (unpaired) electrons. The number of hydrogen-bond acceptors (Lipinski definition) is 6. The van der Waals surface area contributed by atoms with E-state index in [0.717, 1.165) is 0 Å². The van der Waals surface area contributed by atoms with E-state index in [0.29, 0.717) is 23.8 Å². The maximum atomic E-state index is 12.4. The fourth-order valence-corrected chi connectivity index (χ4v) is 3.01. The van der Waals surface area contributed by atoms with Crippen molar-refractivity contribution in [3.8, 4) is 5.75 Å². The summed E-state index contributed by atoms with van der Waals surface area (Å²) in [4.78, 5) is 49.9. The van der Waals surface area contributed by atoms with Crippen LogP contribution in [0.1, 0.15) is 19.1 Å². The van der Waals surface area contributed by atoms with E-state index in [9.17, 15) is 19.2 Å². The Kier molecular flexibility index (Phi) is 6.68. The lowest BCUT2D eigenvalue weighted by molar-refractivity contribution is -0.141. The average molecular weight is 414 g/mol. The Balaban J connectivity index is 1.51. The number of ether oxygens (including phenoxy) is 1. The van der Waals surface area contributed by atoms with E-state index in [1.807, 2.05) is 6.92 Å². The largest absolute Gasteiger partial charge is 0.492 e. The zero-order valence-corrected chi connectivity index (χ0v) is 16.3. The van der Waals surface area contributed by atoms with Crippen molar-refractivity contribution in [2.45, 2.75) is 19.9 Å². The maximum Gasteiger partial charge on any atom is 0.327 e. The zero-order valence-electron chi connectivity index (χ0n) is 16.3. The SMILES string of the molecule is CCOc1ccccc1N1C[C@@H](C(=O)NNC(=O)C(=O)NCc2ccco2)CC1=O. The first-order valence-electron chi connectivity index (χ1n) is 9.42. The van der Waals surface area contributed by atoms with Gasteiger partial charge < -0.3 is 19.4 Å². The first-order chi connectivity index (χ1) is 14.5.